The van der Waals surface area contributed by atoms with Crippen LogP contribution >= 0.6 is 0 Å². The van der Waals surface area contributed by atoms with Crippen molar-refractivity contribution >= 4 is 16.0 Å². The molecule has 1 aromatic rings. The number of H-pyrrole nitrogens is 1. The number of sulfonamides is 1. The van der Waals surface area contributed by atoms with Gasteiger partial charge in [-0.1, -0.05) is 6.42 Å². The fourth-order valence-corrected chi connectivity index (χ4v) is 5.27. The maximum Gasteiger partial charge on any atom is 0.324 e. The van der Waals surface area contributed by atoms with Crippen molar-refractivity contribution in [2.45, 2.75) is 55.1 Å². The first kappa shape index (κ1) is 16.4. The van der Waals surface area contributed by atoms with Crippen LogP contribution in [0.15, 0.2) is 11.1 Å². The van der Waals surface area contributed by atoms with E-state index >= 15 is 0 Å². The van der Waals surface area contributed by atoms with Crippen LogP contribution < -0.4 is 0 Å². The lowest BCUT2D eigenvalue weighted by Gasteiger charge is -2.31. The predicted molar refractivity (Wildman–Crippen MR) is 80.5 cm³/mol. The summed E-state index contributed by atoms with van der Waals surface area (Å²) in [6.45, 7) is 1.45. The molecule has 0 spiro atoms. The van der Waals surface area contributed by atoms with Crippen molar-refractivity contribution in [3.63, 3.8) is 0 Å². The van der Waals surface area contributed by atoms with E-state index in [4.69, 9.17) is 4.74 Å². The van der Waals surface area contributed by atoms with Crippen LogP contribution in [0.1, 0.15) is 44.2 Å². The van der Waals surface area contributed by atoms with Gasteiger partial charge in [0.2, 0.25) is 10.0 Å². The Morgan fingerprint density at radius 1 is 1.52 bits per heavy atom. The van der Waals surface area contributed by atoms with Crippen molar-refractivity contribution in [2.24, 2.45) is 0 Å². The van der Waals surface area contributed by atoms with Crippen LogP contribution in [0.25, 0.3) is 0 Å². The lowest BCUT2D eigenvalue weighted by Crippen LogP contribution is -2.50. The molecule has 2 fully saturated rings. The van der Waals surface area contributed by atoms with Crippen LogP contribution in [0.4, 0.5) is 0 Å². The van der Waals surface area contributed by atoms with Gasteiger partial charge in [-0.2, -0.15) is 9.40 Å². The number of aliphatic carboxylic acids is 1. The Morgan fingerprint density at radius 3 is 2.74 bits per heavy atom. The molecule has 8 nitrogen and oxygen atoms in total. The Balaban J connectivity index is 2.01. The fraction of sp³-hybridized carbons (Fsp3) is 0.714. The van der Waals surface area contributed by atoms with E-state index in [1.807, 2.05) is 0 Å². The third-order valence-corrected chi connectivity index (χ3v) is 7.07. The summed E-state index contributed by atoms with van der Waals surface area (Å²) >= 11 is 0. The molecule has 1 saturated heterocycles. The molecule has 1 aromatic heterocycles. The van der Waals surface area contributed by atoms with Crippen molar-refractivity contribution in [3.8, 4) is 0 Å². The van der Waals surface area contributed by atoms with E-state index in [0.29, 0.717) is 5.69 Å². The van der Waals surface area contributed by atoms with Gasteiger partial charge in [-0.25, -0.2) is 8.42 Å². The van der Waals surface area contributed by atoms with Crippen LogP contribution in [0.5, 0.6) is 0 Å². The first-order valence-electron chi connectivity index (χ1n) is 7.63. The second-order valence-electron chi connectivity index (χ2n) is 6.45. The molecule has 0 aromatic carbocycles. The number of carboxylic acids is 1. The van der Waals surface area contributed by atoms with Gasteiger partial charge < -0.3 is 9.84 Å². The number of carboxylic acid groups (broad SMARTS) is 1. The highest BCUT2D eigenvalue weighted by molar-refractivity contribution is 7.89. The van der Waals surface area contributed by atoms with Crippen LogP contribution in [-0.4, -0.2) is 59.3 Å². The molecule has 2 unspecified atom stereocenters. The molecule has 1 aliphatic carbocycles. The highest BCUT2D eigenvalue weighted by Gasteiger charge is 2.54. The Morgan fingerprint density at radius 2 is 2.22 bits per heavy atom. The lowest BCUT2D eigenvalue weighted by molar-refractivity contribution is -0.146. The molecular formula is C14H21N3O5S. The van der Waals surface area contributed by atoms with Crippen LogP contribution in [-0.2, 0) is 19.6 Å². The zero-order chi connectivity index (χ0) is 16.8. The normalized spacial score (nSPS) is 29.6. The molecule has 0 bridgehead atoms. The number of methoxy groups -OCH3 is 1. The van der Waals surface area contributed by atoms with E-state index < -0.39 is 27.6 Å². The topological polar surface area (TPSA) is 113 Å². The molecule has 1 aliphatic heterocycles. The minimum absolute atomic E-state index is 0.0247. The largest absolute Gasteiger partial charge is 0.480 e. The van der Waals surface area contributed by atoms with Gasteiger partial charge in [0.1, 0.15) is 10.4 Å². The van der Waals surface area contributed by atoms with Crippen LogP contribution in [0, 0.1) is 0 Å². The molecule has 0 amide bonds. The number of rotatable bonds is 5. The fourth-order valence-electron chi connectivity index (χ4n) is 3.31. The smallest absolute Gasteiger partial charge is 0.324 e. The second kappa shape index (κ2) is 5.57. The zero-order valence-electron chi connectivity index (χ0n) is 13.2. The number of hydrogen-bond acceptors (Lipinski definition) is 5. The summed E-state index contributed by atoms with van der Waals surface area (Å²) in [6, 6.07) is 0. The second-order valence-corrected chi connectivity index (χ2v) is 8.28. The Labute approximate surface area is 134 Å². The molecule has 2 heterocycles. The minimum atomic E-state index is -3.96. The van der Waals surface area contributed by atoms with Crippen molar-refractivity contribution in [1.29, 1.82) is 0 Å². The van der Waals surface area contributed by atoms with Gasteiger partial charge in [-0.15, -0.1) is 0 Å². The van der Waals surface area contributed by atoms with Crippen molar-refractivity contribution < 1.29 is 23.1 Å². The SMILES string of the molecule is COC1CN(S(=O)(=O)c2cn[nH]c2C2CCC2)C(C)(C(=O)O)C1. The monoisotopic (exact) mass is 343 g/mol. The van der Waals surface area contributed by atoms with Gasteiger partial charge in [0, 0.05) is 26.0 Å². The summed E-state index contributed by atoms with van der Waals surface area (Å²) in [7, 11) is -2.51. The number of nitrogens with zero attached hydrogens (tertiary/aromatic N) is 2. The molecule has 2 aliphatic rings. The molecule has 23 heavy (non-hydrogen) atoms. The molecule has 128 valence electrons. The summed E-state index contributed by atoms with van der Waals surface area (Å²) in [4.78, 5) is 11.8. The van der Waals surface area contributed by atoms with E-state index in [0.717, 1.165) is 23.6 Å². The summed E-state index contributed by atoms with van der Waals surface area (Å²) in [5, 5.41) is 16.2. The average molecular weight is 343 g/mol. The molecule has 2 atom stereocenters. The molecule has 0 radical (unpaired) electrons. The van der Waals surface area contributed by atoms with Crippen LogP contribution in [0.3, 0.4) is 0 Å². The summed E-state index contributed by atoms with van der Waals surface area (Å²) in [5.41, 5.74) is -0.932. The minimum Gasteiger partial charge on any atom is -0.480 e. The van der Waals surface area contributed by atoms with Gasteiger partial charge in [-0.05, 0) is 19.8 Å². The van der Waals surface area contributed by atoms with Crippen molar-refractivity contribution in [3.05, 3.63) is 11.9 Å². The molecule has 1 saturated carbocycles. The van der Waals surface area contributed by atoms with Gasteiger partial charge in [0.05, 0.1) is 18.0 Å². The number of aromatic amines is 1. The predicted octanol–water partition coefficient (Wildman–Crippen LogP) is 0.930. The zero-order valence-corrected chi connectivity index (χ0v) is 14.0. The summed E-state index contributed by atoms with van der Waals surface area (Å²) in [6.07, 6.45) is 3.86. The van der Waals surface area contributed by atoms with Gasteiger partial charge in [-0.3, -0.25) is 9.89 Å². The maximum atomic E-state index is 13.1. The van der Waals surface area contributed by atoms with E-state index in [1.165, 1.54) is 20.2 Å². The molecule has 2 N–H and O–H groups in total. The standard InChI is InChI=1S/C14H21N3O5S/c1-14(13(18)19)6-10(22-2)8-17(14)23(20,21)11-7-15-16-12(11)9-4-3-5-9/h7,9-10H,3-6,8H2,1-2H3,(H,15,16)(H,18,19). The van der Waals surface area contributed by atoms with E-state index in [1.54, 1.807) is 0 Å². The Bertz CT molecular complexity index is 712. The molecule has 3 rings (SSSR count). The van der Waals surface area contributed by atoms with Crippen molar-refractivity contribution in [1.82, 2.24) is 14.5 Å². The lowest BCUT2D eigenvalue weighted by atomic mass is 9.83. The quantitative estimate of drug-likeness (QED) is 0.822. The average Bonchev–Trinajstić information content (AvgIpc) is 3.02. The highest BCUT2D eigenvalue weighted by atomic mass is 32.2. The number of ether oxygens (including phenoxy) is 1. The number of hydrogen-bond donors (Lipinski definition) is 2. The Hall–Kier alpha value is -1.45. The van der Waals surface area contributed by atoms with Gasteiger partial charge in [0.25, 0.3) is 0 Å². The van der Waals surface area contributed by atoms with Gasteiger partial charge >= 0.3 is 5.97 Å². The van der Waals surface area contributed by atoms with Crippen LogP contribution in [0.2, 0.25) is 0 Å². The van der Waals surface area contributed by atoms with Gasteiger partial charge in [0.15, 0.2) is 0 Å². The summed E-state index contributed by atoms with van der Waals surface area (Å²) < 4.78 is 32.4. The highest BCUT2D eigenvalue weighted by Crippen LogP contribution is 2.41. The number of aromatic nitrogens is 2. The molecule has 9 heteroatoms. The first-order chi connectivity index (χ1) is 10.8. The maximum absolute atomic E-state index is 13.1. The third kappa shape index (κ3) is 2.47. The van der Waals surface area contributed by atoms with E-state index in [9.17, 15) is 18.3 Å². The summed E-state index contributed by atoms with van der Waals surface area (Å²) in [5.74, 6) is -1.02. The van der Waals surface area contributed by atoms with E-state index in [-0.39, 0.29) is 23.8 Å². The van der Waals surface area contributed by atoms with E-state index in [2.05, 4.69) is 10.2 Å². The number of carbonyl (C=O) groups is 1. The van der Waals surface area contributed by atoms with Crippen molar-refractivity contribution in [2.75, 3.05) is 13.7 Å². The third-order valence-electron chi connectivity index (χ3n) is 5.05. The first-order valence-corrected chi connectivity index (χ1v) is 9.07. The Kier molecular flexibility index (Phi) is 3.97. The number of nitrogens with one attached hydrogen (secondary N) is 1. The molecular weight excluding hydrogens is 322 g/mol.